The van der Waals surface area contributed by atoms with Gasteiger partial charge in [0.25, 0.3) is 0 Å². The first-order valence-corrected chi connectivity index (χ1v) is 7.19. The Morgan fingerprint density at radius 1 is 1.05 bits per heavy atom. The van der Waals surface area contributed by atoms with Crippen LogP contribution in [0.2, 0.25) is 0 Å². The Hall–Kier alpha value is -2.49. The van der Waals surface area contributed by atoms with Crippen LogP contribution in [-0.4, -0.2) is 19.7 Å². The number of rotatable bonds is 6. The first kappa shape index (κ1) is 15.9. The fourth-order valence-electron chi connectivity index (χ4n) is 2.04. The smallest absolute Gasteiger partial charge is 0.315 e. The maximum Gasteiger partial charge on any atom is 0.315 e. The molecule has 0 fully saturated rings. The van der Waals surface area contributed by atoms with E-state index < -0.39 is 0 Å². The average Bonchev–Trinajstić information content (AvgIpc) is 2.51. The van der Waals surface area contributed by atoms with E-state index in [2.05, 4.69) is 0 Å². The van der Waals surface area contributed by atoms with Crippen LogP contribution >= 0.6 is 0 Å². The van der Waals surface area contributed by atoms with Gasteiger partial charge in [0, 0.05) is 0 Å². The normalized spacial score (nSPS) is 10.1. The second kappa shape index (κ2) is 7.50. The predicted octanol–water partition coefficient (Wildman–Crippen LogP) is 3.55. The molecule has 0 saturated heterocycles. The van der Waals surface area contributed by atoms with Crippen molar-refractivity contribution in [2.24, 2.45) is 0 Å². The SMILES string of the molecule is CCOc1cc(C)ccc1OC(=O)Cc1ccc(OC)cc1. The highest BCUT2D eigenvalue weighted by Gasteiger charge is 2.11. The van der Waals surface area contributed by atoms with E-state index in [4.69, 9.17) is 14.2 Å². The first-order valence-electron chi connectivity index (χ1n) is 7.19. The molecule has 22 heavy (non-hydrogen) atoms. The number of hydrogen-bond donors (Lipinski definition) is 0. The molecule has 0 heterocycles. The van der Waals surface area contributed by atoms with Gasteiger partial charge in [-0.15, -0.1) is 0 Å². The van der Waals surface area contributed by atoms with E-state index in [0.29, 0.717) is 18.1 Å². The standard InChI is InChI=1S/C18H20O4/c1-4-21-17-11-13(2)5-10-16(17)22-18(19)12-14-6-8-15(20-3)9-7-14/h5-11H,4,12H2,1-3H3. The molecule has 0 N–H and O–H groups in total. The molecule has 0 spiro atoms. The molecule has 4 heteroatoms. The fourth-order valence-corrected chi connectivity index (χ4v) is 2.04. The molecule has 2 rings (SSSR count). The zero-order valence-electron chi connectivity index (χ0n) is 13.1. The third-order valence-electron chi connectivity index (χ3n) is 3.13. The summed E-state index contributed by atoms with van der Waals surface area (Å²) in [6.07, 6.45) is 0.198. The van der Waals surface area contributed by atoms with Gasteiger partial charge in [0.15, 0.2) is 11.5 Å². The van der Waals surface area contributed by atoms with Crippen LogP contribution in [0, 0.1) is 6.92 Å². The van der Waals surface area contributed by atoms with Gasteiger partial charge in [-0.05, 0) is 49.2 Å². The Morgan fingerprint density at radius 2 is 1.77 bits per heavy atom. The largest absolute Gasteiger partial charge is 0.497 e. The van der Waals surface area contributed by atoms with Gasteiger partial charge in [-0.25, -0.2) is 0 Å². The quantitative estimate of drug-likeness (QED) is 0.604. The minimum absolute atomic E-state index is 0.198. The molecule has 0 radical (unpaired) electrons. The van der Waals surface area contributed by atoms with Crippen LogP contribution in [0.1, 0.15) is 18.1 Å². The van der Waals surface area contributed by atoms with Gasteiger partial charge in [-0.2, -0.15) is 0 Å². The third-order valence-corrected chi connectivity index (χ3v) is 3.13. The highest BCUT2D eigenvalue weighted by Crippen LogP contribution is 2.28. The molecule has 0 aliphatic rings. The van der Waals surface area contributed by atoms with Crippen molar-refractivity contribution in [3.05, 3.63) is 53.6 Å². The van der Waals surface area contributed by atoms with Crippen molar-refractivity contribution >= 4 is 5.97 Å². The lowest BCUT2D eigenvalue weighted by atomic mass is 10.1. The minimum Gasteiger partial charge on any atom is -0.497 e. The van der Waals surface area contributed by atoms with E-state index in [9.17, 15) is 4.79 Å². The zero-order valence-corrected chi connectivity index (χ0v) is 13.1. The lowest BCUT2D eigenvalue weighted by Crippen LogP contribution is -2.12. The molecular formula is C18H20O4. The van der Waals surface area contributed by atoms with Gasteiger partial charge in [0.2, 0.25) is 0 Å². The topological polar surface area (TPSA) is 44.8 Å². The van der Waals surface area contributed by atoms with Crippen molar-refractivity contribution in [3.8, 4) is 17.2 Å². The molecule has 0 aromatic heterocycles. The summed E-state index contributed by atoms with van der Waals surface area (Å²) in [6, 6.07) is 12.8. The monoisotopic (exact) mass is 300 g/mol. The molecule has 2 aromatic carbocycles. The van der Waals surface area contributed by atoms with E-state index in [0.717, 1.165) is 16.9 Å². The lowest BCUT2D eigenvalue weighted by molar-refractivity contribution is -0.133. The second-order valence-corrected chi connectivity index (χ2v) is 4.88. The van der Waals surface area contributed by atoms with Gasteiger partial charge in [-0.1, -0.05) is 18.2 Å². The molecule has 2 aromatic rings. The number of aryl methyl sites for hydroxylation is 1. The van der Waals surface area contributed by atoms with Crippen LogP contribution in [-0.2, 0) is 11.2 Å². The molecule has 0 atom stereocenters. The van der Waals surface area contributed by atoms with Gasteiger partial charge in [0.1, 0.15) is 5.75 Å². The van der Waals surface area contributed by atoms with Gasteiger partial charge < -0.3 is 14.2 Å². The number of hydrogen-bond acceptors (Lipinski definition) is 4. The van der Waals surface area contributed by atoms with Crippen molar-refractivity contribution in [3.63, 3.8) is 0 Å². The summed E-state index contributed by atoms with van der Waals surface area (Å²) in [6.45, 7) is 4.38. The lowest BCUT2D eigenvalue weighted by Gasteiger charge is -2.11. The fraction of sp³-hybridized carbons (Fsp3) is 0.278. The number of carbonyl (C=O) groups is 1. The van der Waals surface area contributed by atoms with Crippen molar-refractivity contribution in [1.29, 1.82) is 0 Å². The van der Waals surface area contributed by atoms with Gasteiger partial charge >= 0.3 is 5.97 Å². The maximum atomic E-state index is 12.1. The number of esters is 1. The summed E-state index contributed by atoms with van der Waals surface area (Å²) in [5, 5.41) is 0. The Kier molecular flexibility index (Phi) is 5.42. The second-order valence-electron chi connectivity index (χ2n) is 4.88. The van der Waals surface area contributed by atoms with Crippen molar-refractivity contribution in [1.82, 2.24) is 0 Å². The maximum absolute atomic E-state index is 12.1. The summed E-state index contributed by atoms with van der Waals surface area (Å²) >= 11 is 0. The Balaban J connectivity index is 2.04. The molecule has 0 amide bonds. The molecule has 0 bridgehead atoms. The van der Waals surface area contributed by atoms with Crippen LogP contribution in [0.25, 0.3) is 0 Å². The minimum atomic E-state index is -0.324. The molecule has 0 aliphatic carbocycles. The summed E-state index contributed by atoms with van der Waals surface area (Å²) < 4.78 is 16.0. The van der Waals surface area contributed by atoms with Crippen molar-refractivity contribution in [2.75, 3.05) is 13.7 Å². The summed E-state index contributed by atoms with van der Waals surface area (Å²) in [7, 11) is 1.61. The number of ether oxygens (including phenoxy) is 3. The molecular weight excluding hydrogens is 280 g/mol. The summed E-state index contributed by atoms with van der Waals surface area (Å²) in [4.78, 5) is 12.1. The average molecular weight is 300 g/mol. The highest BCUT2D eigenvalue weighted by atomic mass is 16.6. The van der Waals surface area contributed by atoms with Crippen LogP contribution in [0.3, 0.4) is 0 Å². The molecule has 0 saturated carbocycles. The van der Waals surface area contributed by atoms with E-state index in [1.54, 1.807) is 13.2 Å². The Labute approximate surface area is 130 Å². The van der Waals surface area contributed by atoms with Gasteiger partial charge in [0.05, 0.1) is 20.1 Å². The predicted molar refractivity (Wildman–Crippen MR) is 84.7 cm³/mol. The summed E-state index contributed by atoms with van der Waals surface area (Å²) in [5.74, 6) is 1.47. The Bertz CT molecular complexity index is 632. The van der Waals surface area contributed by atoms with E-state index >= 15 is 0 Å². The molecule has 4 nitrogen and oxygen atoms in total. The summed E-state index contributed by atoms with van der Waals surface area (Å²) in [5.41, 5.74) is 1.93. The zero-order chi connectivity index (χ0) is 15.9. The van der Waals surface area contributed by atoms with Crippen molar-refractivity contribution < 1.29 is 19.0 Å². The third kappa shape index (κ3) is 4.25. The number of carbonyl (C=O) groups excluding carboxylic acids is 1. The molecule has 0 unspecified atom stereocenters. The van der Waals surface area contributed by atoms with Crippen LogP contribution in [0.4, 0.5) is 0 Å². The first-order chi connectivity index (χ1) is 10.6. The van der Waals surface area contributed by atoms with Crippen LogP contribution < -0.4 is 14.2 Å². The van der Waals surface area contributed by atoms with E-state index in [1.165, 1.54) is 0 Å². The highest BCUT2D eigenvalue weighted by molar-refractivity contribution is 5.76. The number of benzene rings is 2. The van der Waals surface area contributed by atoms with Crippen LogP contribution in [0.15, 0.2) is 42.5 Å². The molecule has 0 aliphatic heterocycles. The number of methoxy groups -OCH3 is 1. The van der Waals surface area contributed by atoms with Crippen LogP contribution in [0.5, 0.6) is 17.2 Å². The van der Waals surface area contributed by atoms with E-state index in [1.807, 2.05) is 50.2 Å². The van der Waals surface area contributed by atoms with Gasteiger partial charge in [-0.3, -0.25) is 4.79 Å². The Morgan fingerprint density at radius 3 is 2.41 bits per heavy atom. The molecule has 116 valence electrons. The van der Waals surface area contributed by atoms with E-state index in [-0.39, 0.29) is 12.4 Å². The van der Waals surface area contributed by atoms with Crippen molar-refractivity contribution in [2.45, 2.75) is 20.3 Å².